The molecule has 3 heterocycles. The lowest BCUT2D eigenvalue weighted by molar-refractivity contribution is -0.271. The molecule has 15 nitrogen and oxygen atoms in total. The van der Waals surface area contributed by atoms with Crippen molar-refractivity contribution in [2.75, 3.05) is 6.61 Å². The Hall–Kier alpha value is -5.61. The maximum absolute atomic E-state index is 11.8. The summed E-state index contributed by atoms with van der Waals surface area (Å²) in [5, 5.41) is 80.2. The van der Waals surface area contributed by atoms with E-state index in [4.69, 9.17) is 29.1 Å². The van der Waals surface area contributed by atoms with Crippen molar-refractivity contribution in [3.63, 3.8) is 0 Å². The number of carboxylic acid groups (broad SMARTS) is 1. The minimum Gasteiger partial charge on any atom is -0.508 e. The third-order valence-corrected chi connectivity index (χ3v) is 9.70. The van der Waals surface area contributed by atoms with Gasteiger partial charge in [-0.2, -0.15) is 0 Å². The lowest BCUT2D eigenvalue weighted by atomic mass is 9.91. The number of hydrogen-bond donors (Lipinski definition) is 8. The Kier molecular flexibility index (Phi) is 9.74. The molecule has 0 aromatic heterocycles. The molecule has 9 N–H and O–H groups in total. The van der Waals surface area contributed by atoms with E-state index in [1.807, 2.05) is 6.08 Å². The van der Waals surface area contributed by atoms with Crippen LogP contribution in [0, 0.1) is 0 Å². The lowest BCUT2D eigenvalue weighted by Crippen LogP contribution is -2.61. The highest BCUT2D eigenvalue weighted by Crippen LogP contribution is 2.54. The normalized spacial score (nSPS) is 25.9. The molecule has 4 aliphatic rings. The van der Waals surface area contributed by atoms with E-state index in [-0.39, 0.29) is 34.3 Å². The van der Waals surface area contributed by atoms with E-state index in [1.54, 1.807) is 48.5 Å². The Morgan fingerprint density at radius 3 is 2.40 bits per heavy atom. The van der Waals surface area contributed by atoms with Crippen LogP contribution in [0.1, 0.15) is 54.9 Å². The summed E-state index contributed by atoms with van der Waals surface area (Å²) < 4.78 is 30.0. The van der Waals surface area contributed by atoms with Crippen molar-refractivity contribution in [2.45, 2.75) is 74.5 Å². The number of aliphatic imine (C=N–C) groups is 1. The molecule has 2 fully saturated rings. The highest BCUT2D eigenvalue weighted by atomic mass is 16.7. The molecule has 15 heteroatoms. The van der Waals surface area contributed by atoms with Gasteiger partial charge in [0.2, 0.25) is 12.0 Å². The van der Waals surface area contributed by atoms with Gasteiger partial charge in [0.15, 0.2) is 23.3 Å². The first-order valence-electron chi connectivity index (χ1n) is 17.1. The Morgan fingerprint density at radius 2 is 1.72 bits per heavy atom. The zero-order valence-electron chi connectivity index (χ0n) is 28.2. The van der Waals surface area contributed by atoms with Crippen LogP contribution < -0.4 is 24.4 Å². The number of carboxylic acids is 1. The minimum atomic E-state index is -1.97. The lowest BCUT2D eigenvalue weighted by Gasteiger charge is -2.39. The minimum absolute atomic E-state index is 0.00468. The molecular formula is C38H39N2O13+. The van der Waals surface area contributed by atoms with Crippen molar-refractivity contribution >= 4 is 23.3 Å². The van der Waals surface area contributed by atoms with Crippen LogP contribution in [0.5, 0.6) is 34.5 Å². The fourth-order valence-electron chi connectivity index (χ4n) is 6.94. The van der Waals surface area contributed by atoms with Crippen molar-refractivity contribution in [2.24, 2.45) is 4.99 Å². The van der Waals surface area contributed by atoms with Gasteiger partial charge in [0.25, 0.3) is 0 Å². The zero-order chi connectivity index (χ0) is 37.4. The number of aliphatic carboxylic acids is 1. The SMILES string of the molecule is [NH2+]=C1C=CC(CCOc2ccc(C3C=C(O)c4c(cc(OC5OC(C(=O)O)C(O)C(O)C5O)c(OC5(c6cccc(O)c6)CCCC5)c4O)O3)cc2)=N1. The second-order valence-corrected chi connectivity index (χ2v) is 13.3. The molecule has 0 radical (unpaired) electrons. The van der Waals surface area contributed by atoms with Gasteiger partial charge in [-0.3, -0.25) is 5.41 Å². The van der Waals surface area contributed by atoms with Crippen LogP contribution in [0.25, 0.3) is 5.76 Å². The topological polar surface area (TPSA) is 243 Å². The summed E-state index contributed by atoms with van der Waals surface area (Å²) in [5.41, 5.74) is 0.823. The number of ether oxygens (including phenoxy) is 5. The molecular weight excluding hydrogens is 692 g/mol. The zero-order valence-corrected chi connectivity index (χ0v) is 28.2. The highest BCUT2D eigenvalue weighted by Gasteiger charge is 2.49. The van der Waals surface area contributed by atoms with Crippen molar-refractivity contribution in [1.29, 1.82) is 0 Å². The van der Waals surface area contributed by atoms with Gasteiger partial charge in [-0.1, -0.05) is 24.3 Å². The van der Waals surface area contributed by atoms with E-state index in [1.165, 1.54) is 18.2 Å². The van der Waals surface area contributed by atoms with Crippen LogP contribution in [0.2, 0.25) is 0 Å². The maximum atomic E-state index is 11.8. The predicted molar refractivity (Wildman–Crippen MR) is 186 cm³/mol. The van der Waals surface area contributed by atoms with Gasteiger partial charge >= 0.3 is 11.8 Å². The van der Waals surface area contributed by atoms with E-state index in [2.05, 4.69) is 4.99 Å². The summed E-state index contributed by atoms with van der Waals surface area (Å²) >= 11 is 0. The number of allylic oxidation sites excluding steroid dienone is 1. The molecule has 7 rings (SSSR count). The number of aromatic hydroxyl groups is 2. The fourth-order valence-corrected chi connectivity index (χ4v) is 6.94. The summed E-state index contributed by atoms with van der Waals surface area (Å²) in [6, 6.07) is 14.7. The summed E-state index contributed by atoms with van der Waals surface area (Å²) in [7, 11) is 0. The summed E-state index contributed by atoms with van der Waals surface area (Å²) in [6.07, 6.45) is -2.61. The van der Waals surface area contributed by atoms with Gasteiger partial charge in [-0.25, -0.2) is 4.79 Å². The number of rotatable bonds is 11. The fraction of sp³-hybridized carbons (Fsp3) is 0.342. The summed E-state index contributed by atoms with van der Waals surface area (Å²) in [4.78, 5) is 16.0. The number of aliphatic hydroxyl groups is 4. The predicted octanol–water partition coefficient (Wildman–Crippen LogP) is 2.19. The Labute approximate surface area is 302 Å². The highest BCUT2D eigenvalue weighted by molar-refractivity contribution is 6.13. The number of nitrogens with zero attached hydrogens (tertiary/aromatic N) is 1. The van der Waals surface area contributed by atoms with Crippen LogP contribution in [0.4, 0.5) is 0 Å². The van der Waals surface area contributed by atoms with Gasteiger partial charge in [-0.15, -0.1) is 0 Å². The van der Waals surface area contributed by atoms with E-state index in [0.29, 0.717) is 48.6 Å². The molecule has 1 saturated heterocycles. The number of benzene rings is 3. The second kappa shape index (κ2) is 14.4. The quantitative estimate of drug-likeness (QED) is 0.141. The van der Waals surface area contributed by atoms with Crippen LogP contribution in [0.15, 0.2) is 77.8 Å². The van der Waals surface area contributed by atoms with Crippen molar-refractivity contribution in [3.8, 4) is 34.5 Å². The van der Waals surface area contributed by atoms with Crippen LogP contribution in [0.3, 0.4) is 0 Å². The van der Waals surface area contributed by atoms with E-state index in [9.17, 15) is 40.5 Å². The second-order valence-electron chi connectivity index (χ2n) is 13.3. The molecule has 0 spiro atoms. The van der Waals surface area contributed by atoms with Gasteiger partial charge in [0.05, 0.1) is 6.61 Å². The molecule has 3 aliphatic heterocycles. The molecule has 3 aromatic rings. The molecule has 6 unspecified atom stereocenters. The van der Waals surface area contributed by atoms with E-state index < -0.39 is 54.1 Å². The van der Waals surface area contributed by atoms with Crippen LogP contribution >= 0.6 is 0 Å². The van der Waals surface area contributed by atoms with Crippen molar-refractivity contribution in [3.05, 3.63) is 89.5 Å². The average molecular weight is 732 g/mol. The number of phenols is 2. The van der Waals surface area contributed by atoms with Crippen LogP contribution in [-0.4, -0.2) is 90.6 Å². The summed E-state index contributed by atoms with van der Waals surface area (Å²) in [5.74, 6) is -2.18. The van der Waals surface area contributed by atoms with E-state index in [0.717, 1.165) is 18.6 Å². The molecule has 6 atom stereocenters. The first-order chi connectivity index (χ1) is 25.4. The van der Waals surface area contributed by atoms with Gasteiger partial charge in [-0.05, 0) is 72.1 Å². The molecule has 53 heavy (non-hydrogen) atoms. The number of aliphatic hydroxyl groups excluding tert-OH is 4. The molecule has 0 bridgehead atoms. The summed E-state index contributed by atoms with van der Waals surface area (Å²) in [6.45, 7) is 0.367. The van der Waals surface area contributed by atoms with Crippen molar-refractivity contribution < 1.29 is 69.6 Å². The Balaban J connectivity index is 1.21. The number of nitrogens with two attached hydrogens (primary N) is 1. The Bertz CT molecular complexity index is 1990. The first kappa shape index (κ1) is 35.8. The van der Waals surface area contributed by atoms with Crippen LogP contribution in [-0.2, 0) is 15.1 Å². The number of phenolic OH excluding ortho intramolecular Hbond substituents is 2. The monoisotopic (exact) mass is 731 g/mol. The maximum Gasteiger partial charge on any atom is 0.335 e. The molecule has 0 amide bonds. The standard InChI is InChI=1S/C38H38N2O13/c39-28-11-8-21(40-28)12-15-49-23-9-6-19(7-10-23)25-17-24(42)29-26(50-25)18-27(51-37-33(46)31(44)32(45)35(52-37)36(47)48)34(30(29)43)53-38(13-1-2-14-38)20-4-3-5-22(41)16-20/h3-11,16-18,25,31-33,35,37,39,41-46H,1-2,12-15H2,(H,47,48)/p+1. The molecule has 1 aliphatic carbocycles. The van der Waals surface area contributed by atoms with Gasteiger partial charge < -0.3 is 59.4 Å². The van der Waals surface area contributed by atoms with Gasteiger partial charge in [0, 0.05) is 24.6 Å². The molecule has 3 aromatic carbocycles. The first-order valence-corrected chi connectivity index (χ1v) is 17.1. The number of carbonyl (C=O) groups is 1. The number of amidine groups is 1. The third kappa shape index (κ3) is 7.11. The third-order valence-electron chi connectivity index (χ3n) is 9.70. The van der Waals surface area contributed by atoms with E-state index >= 15 is 0 Å². The van der Waals surface area contributed by atoms with Crippen molar-refractivity contribution in [1.82, 2.24) is 0 Å². The number of hydrogen-bond acceptors (Lipinski definition) is 12. The molecule has 1 saturated carbocycles. The largest absolute Gasteiger partial charge is 0.508 e. The average Bonchev–Trinajstić information content (AvgIpc) is 3.79. The van der Waals surface area contributed by atoms with Gasteiger partial charge in [0.1, 0.15) is 58.6 Å². The Morgan fingerprint density at radius 1 is 0.962 bits per heavy atom. The molecule has 278 valence electrons. The number of fused-ring (bicyclic) bond motifs is 1. The smallest absolute Gasteiger partial charge is 0.335 e.